The van der Waals surface area contributed by atoms with E-state index in [0.29, 0.717) is 16.9 Å². The highest BCUT2D eigenvalue weighted by atomic mass is 79.9. The predicted molar refractivity (Wildman–Crippen MR) is 106 cm³/mol. The van der Waals surface area contributed by atoms with E-state index < -0.39 is 0 Å². The van der Waals surface area contributed by atoms with Gasteiger partial charge in [-0.3, -0.25) is 0 Å². The zero-order chi connectivity index (χ0) is 18.5. The molecule has 0 atom stereocenters. The van der Waals surface area contributed by atoms with Crippen LogP contribution in [0.3, 0.4) is 0 Å². The molecule has 0 amide bonds. The summed E-state index contributed by atoms with van der Waals surface area (Å²) in [6, 6.07) is 14.1. The van der Waals surface area contributed by atoms with Gasteiger partial charge in [0.1, 0.15) is 5.82 Å². The van der Waals surface area contributed by atoms with Crippen molar-refractivity contribution < 1.29 is 4.39 Å². The first kappa shape index (κ1) is 18.4. The van der Waals surface area contributed by atoms with Gasteiger partial charge in [-0.1, -0.05) is 52.0 Å². The Labute approximate surface area is 162 Å². The van der Waals surface area contributed by atoms with E-state index in [0.717, 1.165) is 21.3 Å². The van der Waals surface area contributed by atoms with Crippen molar-refractivity contribution in [2.75, 3.05) is 11.3 Å². The average molecular weight is 435 g/mol. The minimum Gasteiger partial charge on any atom is -0.334 e. The quantitative estimate of drug-likeness (QED) is 0.265. The van der Waals surface area contributed by atoms with Crippen molar-refractivity contribution in [1.82, 2.24) is 14.9 Å². The number of thioether (sulfide) groups is 1. The number of hydrazone groups is 1. The summed E-state index contributed by atoms with van der Waals surface area (Å²) in [4.78, 5) is 0. The minimum absolute atomic E-state index is 0.258. The first-order valence-corrected chi connectivity index (χ1v) is 9.45. The topological polar surface area (TPSA) is 81.1 Å². The average Bonchev–Trinajstić information content (AvgIpc) is 3.00. The lowest BCUT2D eigenvalue weighted by Gasteiger charge is -2.05. The van der Waals surface area contributed by atoms with Crippen molar-refractivity contribution in [3.8, 4) is 0 Å². The first-order chi connectivity index (χ1) is 12.5. The first-order valence-electron chi connectivity index (χ1n) is 7.67. The number of nitrogens with zero attached hydrogens (tertiary/aromatic N) is 4. The summed E-state index contributed by atoms with van der Waals surface area (Å²) in [5.41, 5.74) is 5.57. The van der Waals surface area contributed by atoms with Crippen LogP contribution in [0.2, 0.25) is 0 Å². The lowest BCUT2D eigenvalue weighted by molar-refractivity contribution is 0.627. The highest BCUT2D eigenvalue weighted by Gasteiger charge is 2.10. The van der Waals surface area contributed by atoms with Gasteiger partial charge < -0.3 is 5.84 Å². The van der Waals surface area contributed by atoms with Gasteiger partial charge in [0.25, 0.3) is 5.95 Å². The van der Waals surface area contributed by atoms with Gasteiger partial charge in [0.05, 0.1) is 5.71 Å². The van der Waals surface area contributed by atoms with Gasteiger partial charge in [0.15, 0.2) is 0 Å². The molecule has 3 rings (SSSR count). The van der Waals surface area contributed by atoms with Gasteiger partial charge in [-0.25, -0.2) is 14.5 Å². The smallest absolute Gasteiger partial charge is 0.264 e. The molecule has 6 nitrogen and oxygen atoms in total. The molecule has 0 unspecified atom stereocenters. The summed E-state index contributed by atoms with van der Waals surface area (Å²) in [7, 11) is 0. The zero-order valence-corrected chi connectivity index (χ0v) is 16.3. The highest BCUT2D eigenvalue weighted by Crippen LogP contribution is 2.22. The Morgan fingerprint density at radius 3 is 2.58 bits per heavy atom. The Morgan fingerprint density at radius 2 is 1.88 bits per heavy atom. The molecule has 0 bridgehead atoms. The Morgan fingerprint density at radius 1 is 1.19 bits per heavy atom. The molecular weight excluding hydrogens is 419 g/mol. The van der Waals surface area contributed by atoms with E-state index in [9.17, 15) is 4.39 Å². The molecule has 0 aliphatic heterocycles. The summed E-state index contributed by atoms with van der Waals surface area (Å²) >= 11 is 4.81. The molecule has 1 aromatic heterocycles. The molecule has 0 saturated carbocycles. The zero-order valence-electron chi connectivity index (χ0n) is 13.9. The Hall–Kier alpha value is -2.39. The molecule has 3 N–H and O–H groups in total. The molecule has 0 fully saturated rings. The molecular formula is C17H16BrFN6S. The van der Waals surface area contributed by atoms with Gasteiger partial charge in [-0.05, 0) is 42.3 Å². The molecule has 0 radical (unpaired) electrons. The third-order valence-electron chi connectivity index (χ3n) is 3.53. The van der Waals surface area contributed by atoms with Crippen molar-refractivity contribution in [2.24, 2.45) is 5.10 Å². The van der Waals surface area contributed by atoms with Crippen LogP contribution in [0.25, 0.3) is 0 Å². The van der Waals surface area contributed by atoms with Crippen LogP contribution in [0.4, 0.5) is 10.3 Å². The fraction of sp³-hybridized carbons (Fsp3) is 0.118. The van der Waals surface area contributed by atoms with Gasteiger partial charge in [0.2, 0.25) is 5.16 Å². The lowest BCUT2D eigenvalue weighted by Crippen LogP contribution is -2.13. The number of anilines is 1. The third-order valence-corrected chi connectivity index (χ3v) is 5.07. The number of nitrogens with one attached hydrogen (secondary N) is 1. The van der Waals surface area contributed by atoms with Crippen LogP contribution < -0.4 is 11.3 Å². The van der Waals surface area contributed by atoms with E-state index >= 15 is 0 Å². The largest absolute Gasteiger partial charge is 0.334 e. The normalized spacial score (nSPS) is 11.6. The number of nitrogens with two attached hydrogens (primary N) is 1. The van der Waals surface area contributed by atoms with E-state index in [1.807, 2.05) is 31.2 Å². The van der Waals surface area contributed by atoms with Crippen LogP contribution in [0, 0.1) is 5.82 Å². The monoisotopic (exact) mass is 434 g/mol. The second-order valence-electron chi connectivity index (χ2n) is 5.41. The maximum absolute atomic E-state index is 12.9. The van der Waals surface area contributed by atoms with Crippen LogP contribution in [-0.4, -0.2) is 20.6 Å². The van der Waals surface area contributed by atoms with Crippen molar-refractivity contribution in [1.29, 1.82) is 0 Å². The summed E-state index contributed by atoms with van der Waals surface area (Å²) in [5.74, 6) is 6.70. The SMILES string of the molecule is C/C(=N\Nc1nnc(SCc2ccc(F)cc2)n1N)c1ccc(Br)cc1. The van der Waals surface area contributed by atoms with Crippen LogP contribution in [-0.2, 0) is 5.75 Å². The number of hydrogen-bond acceptors (Lipinski definition) is 6. The van der Waals surface area contributed by atoms with Crippen molar-refractivity contribution in [2.45, 2.75) is 17.8 Å². The van der Waals surface area contributed by atoms with Crippen LogP contribution >= 0.6 is 27.7 Å². The van der Waals surface area contributed by atoms with Crippen molar-refractivity contribution in [3.63, 3.8) is 0 Å². The highest BCUT2D eigenvalue weighted by molar-refractivity contribution is 9.10. The standard InChI is InChI=1S/C17H16BrFN6S/c1-11(13-4-6-14(18)7-5-13)21-22-16-23-24-17(25(16)20)26-10-12-2-8-15(19)9-3-12/h2-9H,10,20H2,1H3,(H,22,23)/b21-11+. The number of hydrogen-bond donors (Lipinski definition) is 2. The molecule has 26 heavy (non-hydrogen) atoms. The Kier molecular flexibility index (Phi) is 5.89. The Balaban J connectivity index is 1.63. The summed E-state index contributed by atoms with van der Waals surface area (Å²) < 4.78 is 15.3. The molecule has 134 valence electrons. The maximum Gasteiger partial charge on any atom is 0.264 e. The van der Waals surface area contributed by atoms with Crippen LogP contribution in [0.15, 0.2) is 63.3 Å². The number of benzene rings is 2. The molecule has 3 aromatic rings. The molecule has 0 aliphatic carbocycles. The number of aromatic nitrogens is 3. The summed E-state index contributed by atoms with van der Waals surface area (Å²) in [6.07, 6.45) is 0. The second-order valence-corrected chi connectivity index (χ2v) is 7.27. The minimum atomic E-state index is -0.258. The van der Waals surface area contributed by atoms with E-state index in [1.165, 1.54) is 28.6 Å². The second kappa shape index (κ2) is 8.33. The molecule has 9 heteroatoms. The van der Waals surface area contributed by atoms with Gasteiger partial charge in [-0.2, -0.15) is 5.10 Å². The number of rotatable bonds is 6. The predicted octanol–water partition coefficient (Wildman–Crippen LogP) is 4.02. The van der Waals surface area contributed by atoms with E-state index in [2.05, 4.69) is 36.7 Å². The fourth-order valence-electron chi connectivity index (χ4n) is 2.07. The fourth-order valence-corrected chi connectivity index (χ4v) is 3.15. The summed E-state index contributed by atoms with van der Waals surface area (Å²) in [5, 5.41) is 12.9. The molecule has 1 heterocycles. The summed E-state index contributed by atoms with van der Waals surface area (Å²) in [6.45, 7) is 1.89. The number of halogens is 2. The third kappa shape index (κ3) is 4.61. The molecule has 0 spiro atoms. The van der Waals surface area contributed by atoms with Crippen LogP contribution in [0.1, 0.15) is 18.1 Å². The Bertz CT molecular complexity index is 908. The van der Waals surface area contributed by atoms with Gasteiger partial charge in [-0.15, -0.1) is 10.2 Å². The van der Waals surface area contributed by atoms with Crippen molar-refractivity contribution >= 4 is 39.4 Å². The van der Waals surface area contributed by atoms with E-state index in [1.54, 1.807) is 12.1 Å². The molecule has 2 aromatic carbocycles. The maximum atomic E-state index is 12.9. The molecule has 0 saturated heterocycles. The lowest BCUT2D eigenvalue weighted by atomic mass is 10.1. The van der Waals surface area contributed by atoms with E-state index in [4.69, 9.17) is 5.84 Å². The molecule has 0 aliphatic rings. The van der Waals surface area contributed by atoms with Crippen molar-refractivity contribution in [3.05, 3.63) is 69.9 Å². The number of nitrogen functional groups attached to an aromatic ring is 1. The van der Waals surface area contributed by atoms with Gasteiger partial charge in [0, 0.05) is 10.2 Å². The van der Waals surface area contributed by atoms with Gasteiger partial charge >= 0.3 is 0 Å². The van der Waals surface area contributed by atoms with Crippen LogP contribution in [0.5, 0.6) is 0 Å². The van der Waals surface area contributed by atoms with E-state index in [-0.39, 0.29) is 5.82 Å².